The Labute approximate surface area is 95.0 Å². The van der Waals surface area contributed by atoms with Gasteiger partial charge in [0.25, 0.3) is 0 Å². The third kappa shape index (κ3) is 4.09. The van der Waals surface area contributed by atoms with Crippen LogP contribution in [0.5, 0.6) is 0 Å². The van der Waals surface area contributed by atoms with Crippen LogP contribution >= 0.6 is 12.2 Å². The number of rotatable bonds is 1. The predicted molar refractivity (Wildman–Crippen MR) is 45.4 cm³/mol. The van der Waals surface area contributed by atoms with Crippen molar-refractivity contribution in [1.29, 1.82) is 0 Å². The van der Waals surface area contributed by atoms with Crippen molar-refractivity contribution in [1.82, 2.24) is 5.32 Å². The maximum atomic E-state index is 4.74. The van der Waals surface area contributed by atoms with Gasteiger partial charge in [0.15, 0.2) is 0 Å². The molecule has 0 aromatic heterocycles. The van der Waals surface area contributed by atoms with Gasteiger partial charge < -0.3 is 30.2 Å². The summed E-state index contributed by atoms with van der Waals surface area (Å²) in [5, 5.41) is 3.09. The molecule has 1 nitrogen and oxygen atoms in total. The Kier molecular flexibility index (Phi) is 6.36. The maximum absolute atomic E-state index is 4.74. The third-order valence-corrected chi connectivity index (χ3v) is 1.91. The molecule has 0 spiro atoms. The summed E-state index contributed by atoms with van der Waals surface area (Å²) >= 11 is 9.47. The molecule has 0 saturated heterocycles. The van der Waals surface area contributed by atoms with Crippen LogP contribution in [0.1, 0.15) is 25.7 Å². The fourth-order valence-corrected chi connectivity index (χ4v) is 1.57. The number of thiocarbonyl (C=S) groups is 1. The van der Waals surface area contributed by atoms with E-state index in [-0.39, 0.29) is 29.6 Å². The van der Waals surface area contributed by atoms with Gasteiger partial charge in [-0.3, -0.25) is 0 Å². The SMILES string of the molecule is S=C([S-])NC1CCCC1.[Na+]. The van der Waals surface area contributed by atoms with Crippen LogP contribution in [0.2, 0.25) is 0 Å². The van der Waals surface area contributed by atoms with Gasteiger partial charge in [0.1, 0.15) is 0 Å². The summed E-state index contributed by atoms with van der Waals surface area (Å²) in [5.41, 5.74) is 0. The summed E-state index contributed by atoms with van der Waals surface area (Å²) in [4.78, 5) is 0. The standard InChI is InChI=1S/C6H11NS2.Na/c8-6(9)7-5-3-1-2-4-5;/h5H,1-4H2,(H2,7,8,9);/q;+1/p-1. The predicted octanol–water partition coefficient (Wildman–Crippen LogP) is -1.65. The zero-order valence-electron chi connectivity index (χ0n) is 6.22. The minimum Gasteiger partial charge on any atom is -0.412 e. The summed E-state index contributed by atoms with van der Waals surface area (Å²) in [5.74, 6) is 0. The topological polar surface area (TPSA) is 12.0 Å². The normalized spacial score (nSPS) is 18.0. The molecule has 1 rings (SSSR count). The molecule has 0 radical (unpaired) electrons. The second-order valence-corrected chi connectivity index (χ2v) is 3.49. The molecule has 1 aliphatic carbocycles. The molecular formula is C6H10NNaS2. The van der Waals surface area contributed by atoms with Gasteiger partial charge in [-0.05, 0) is 12.8 Å². The van der Waals surface area contributed by atoms with Gasteiger partial charge >= 0.3 is 29.6 Å². The van der Waals surface area contributed by atoms with Crippen LogP contribution in [0.3, 0.4) is 0 Å². The molecule has 0 heterocycles. The smallest absolute Gasteiger partial charge is 0.412 e. The molecule has 4 heteroatoms. The van der Waals surface area contributed by atoms with Crippen LogP contribution in [0, 0.1) is 0 Å². The summed E-state index contributed by atoms with van der Waals surface area (Å²) in [6.45, 7) is 0. The zero-order chi connectivity index (χ0) is 6.69. The molecule has 1 fully saturated rings. The summed E-state index contributed by atoms with van der Waals surface area (Å²) < 4.78 is 0.530. The average Bonchev–Trinajstić information content (AvgIpc) is 2.15. The minimum atomic E-state index is 0. The zero-order valence-corrected chi connectivity index (χ0v) is 9.86. The molecular weight excluding hydrogens is 173 g/mol. The summed E-state index contributed by atoms with van der Waals surface area (Å²) in [6, 6.07) is 0.593. The number of nitrogens with one attached hydrogen (secondary N) is 1. The Bertz CT molecular complexity index is 112. The molecule has 1 N–H and O–H groups in total. The van der Waals surface area contributed by atoms with Crippen molar-refractivity contribution in [3.8, 4) is 0 Å². The first-order chi connectivity index (χ1) is 4.29. The quantitative estimate of drug-likeness (QED) is 0.297. The molecule has 0 bridgehead atoms. The van der Waals surface area contributed by atoms with E-state index < -0.39 is 0 Å². The van der Waals surface area contributed by atoms with E-state index in [1.807, 2.05) is 0 Å². The van der Waals surface area contributed by atoms with Gasteiger partial charge in [0, 0.05) is 6.04 Å². The van der Waals surface area contributed by atoms with Gasteiger partial charge in [-0.15, -0.1) is 0 Å². The number of hydrogen-bond acceptors (Lipinski definition) is 2. The molecule has 0 aromatic rings. The molecule has 0 amide bonds. The van der Waals surface area contributed by atoms with Crippen LogP contribution in [0.25, 0.3) is 0 Å². The molecule has 1 saturated carbocycles. The molecule has 0 unspecified atom stereocenters. The molecule has 10 heavy (non-hydrogen) atoms. The van der Waals surface area contributed by atoms with Gasteiger partial charge in [0.2, 0.25) is 0 Å². The molecule has 0 aromatic carbocycles. The first kappa shape index (κ1) is 11.1. The average molecular weight is 183 g/mol. The van der Waals surface area contributed by atoms with Gasteiger partial charge in [-0.1, -0.05) is 17.2 Å². The van der Waals surface area contributed by atoms with E-state index in [0.29, 0.717) is 10.4 Å². The fraction of sp³-hybridized carbons (Fsp3) is 0.833. The van der Waals surface area contributed by atoms with E-state index in [0.717, 1.165) is 0 Å². The third-order valence-electron chi connectivity index (χ3n) is 1.68. The number of hydrogen-bond donors (Lipinski definition) is 1. The van der Waals surface area contributed by atoms with E-state index in [9.17, 15) is 0 Å². The second-order valence-electron chi connectivity index (χ2n) is 2.41. The van der Waals surface area contributed by atoms with E-state index in [2.05, 4.69) is 5.32 Å². The van der Waals surface area contributed by atoms with E-state index >= 15 is 0 Å². The molecule has 0 atom stereocenters. The van der Waals surface area contributed by atoms with Crippen molar-refractivity contribution in [2.24, 2.45) is 0 Å². The van der Waals surface area contributed by atoms with Crippen molar-refractivity contribution >= 4 is 29.2 Å². The van der Waals surface area contributed by atoms with Gasteiger partial charge in [-0.2, -0.15) is 0 Å². The van der Waals surface area contributed by atoms with Crippen LogP contribution in [0.4, 0.5) is 0 Å². The maximum Gasteiger partial charge on any atom is 1.00 e. The van der Waals surface area contributed by atoms with E-state index in [1.54, 1.807) is 0 Å². The van der Waals surface area contributed by atoms with Crippen molar-refractivity contribution < 1.29 is 29.6 Å². The van der Waals surface area contributed by atoms with Crippen molar-refractivity contribution in [3.63, 3.8) is 0 Å². The molecule has 1 aliphatic rings. The fourth-order valence-electron chi connectivity index (χ4n) is 1.24. The summed E-state index contributed by atoms with van der Waals surface area (Å²) in [6.07, 6.45) is 5.15. The van der Waals surface area contributed by atoms with Crippen LogP contribution in [-0.4, -0.2) is 10.4 Å². The van der Waals surface area contributed by atoms with E-state index in [1.165, 1.54) is 25.7 Å². The second kappa shape index (κ2) is 5.72. The summed E-state index contributed by atoms with van der Waals surface area (Å²) in [7, 11) is 0. The Morgan fingerprint density at radius 3 is 2.30 bits per heavy atom. The van der Waals surface area contributed by atoms with Crippen molar-refractivity contribution in [2.75, 3.05) is 0 Å². The van der Waals surface area contributed by atoms with Gasteiger partial charge in [-0.25, -0.2) is 0 Å². The van der Waals surface area contributed by atoms with Crippen LogP contribution in [-0.2, 0) is 12.6 Å². The van der Waals surface area contributed by atoms with Crippen molar-refractivity contribution in [3.05, 3.63) is 0 Å². The molecule has 52 valence electrons. The van der Waals surface area contributed by atoms with Crippen molar-refractivity contribution in [2.45, 2.75) is 31.7 Å². The molecule has 0 aliphatic heterocycles. The van der Waals surface area contributed by atoms with E-state index in [4.69, 9.17) is 24.8 Å². The van der Waals surface area contributed by atoms with Crippen LogP contribution < -0.4 is 34.9 Å². The van der Waals surface area contributed by atoms with Gasteiger partial charge in [0.05, 0.1) is 0 Å². The first-order valence-electron chi connectivity index (χ1n) is 3.26. The first-order valence-corrected chi connectivity index (χ1v) is 4.08. The largest absolute Gasteiger partial charge is 1.00 e. The monoisotopic (exact) mass is 183 g/mol. The minimum absolute atomic E-state index is 0. The Balaban J connectivity index is 0.000000810. The Hall–Kier alpha value is 1.11. The van der Waals surface area contributed by atoms with Crippen LogP contribution in [0.15, 0.2) is 0 Å². The Morgan fingerprint density at radius 2 is 1.90 bits per heavy atom. The Morgan fingerprint density at radius 1 is 1.40 bits per heavy atom.